The summed E-state index contributed by atoms with van der Waals surface area (Å²) >= 11 is 1.44. The Morgan fingerprint density at radius 2 is 1.58 bits per heavy atom. The van der Waals surface area contributed by atoms with Gasteiger partial charge >= 0.3 is 0 Å². The van der Waals surface area contributed by atoms with Crippen molar-refractivity contribution in [3.8, 4) is 11.5 Å². The number of hydrogen-bond donors (Lipinski definition) is 2. The third-order valence-corrected chi connectivity index (χ3v) is 5.95. The number of nitrogens with one attached hydrogen (secondary N) is 2. The van der Waals surface area contributed by atoms with Crippen molar-refractivity contribution in [3.05, 3.63) is 84.4 Å². The highest BCUT2D eigenvalue weighted by atomic mass is 32.2. The molecule has 1 unspecified atom stereocenters. The molecule has 0 aliphatic carbocycles. The first-order chi connectivity index (χ1) is 16.1. The molecule has 0 aromatic heterocycles. The van der Waals surface area contributed by atoms with Gasteiger partial charge in [-0.2, -0.15) is 0 Å². The molecule has 33 heavy (non-hydrogen) atoms. The Balaban J connectivity index is 1.28. The molecular weight excluding hydrogens is 436 g/mol. The van der Waals surface area contributed by atoms with Crippen LogP contribution in [-0.2, 0) is 9.59 Å². The summed E-state index contributed by atoms with van der Waals surface area (Å²) in [4.78, 5) is 25.7. The van der Waals surface area contributed by atoms with Crippen molar-refractivity contribution in [3.63, 3.8) is 0 Å². The summed E-state index contributed by atoms with van der Waals surface area (Å²) in [7, 11) is 0. The molecule has 0 saturated heterocycles. The van der Waals surface area contributed by atoms with Gasteiger partial charge in [0, 0.05) is 28.4 Å². The van der Waals surface area contributed by atoms with E-state index < -0.39 is 0 Å². The predicted octanol–water partition coefficient (Wildman–Crippen LogP) is 5.23. The Morgan fingerprint density at radius 1 is 0.879 bits per heavy atom. The smallest absolute Gasteiger partial charge is 0.248 e. The van der Waals surface area contributed by atoms with Crippen LogP contribution in [0.4, 0.5) is 11.4 Å². The molecule has 6 nitrogen and oxygen atoms in total. The van der Waals surface area contributed by atoms with Crippen molar-refractivity contribution in [1.82, 2.24) is 0 Å². The quantitative estimate of drug-likeness (QED) is 0.373. The minimum Gasteiger partial charge on any atom is -0.486 e. The lowest BCUT2D eigenvalue weighted by Crippen LogP contribution is -2.22. The number of carbonyl (C=O) groups is 2. The topological polar surface area (TPSA) is 76.7 Å². The monoisotopic (exact) mass is 460 g/mol. The second kappa shape index (κ2) is 10.7. The van der Waals surface area contributed by atoms with Gasteiger partial charge in [0.1, 0.15) is 13.2 Å². The number of fused-ring (bicyclic) bond motifs is 1. The fourth-order valence-corrected chi connectivity index (χ4v) is 4.03. The molecule has 7 heteroatoms. The second-order valence-electron chi connectivity index (χ2n) is 7.37. The molecule has 3 aromatic carbocycles. The minimum absolute atomic E-state index is 0.111. The van der Waals surface area contributed by atoms with Gasteiger partial charge in [0.2, 0.25) is 11.8 Å². The van der Waals surface area contributed by atoms with Crippen molar-refractivity contribution in [1.29, 1.82) is 0 Å². The molecule has 4 rings (SSSR count). The molecule has 0 radical (unpaired) electrons. The molecule has 0 spiro atoms. The lowest BCUT2D eigenvalue weighted by Gasteiger charge is -2.19. The van der Waals surface area contributed by atoms with E-state index in [9.17, 15) is 9.59 Å². The molecule has 1 aliphatic rings. The molecule has 0 saturated carbocycles. The van der Waals surface area contributed by atoms with E-state index in [0.717, 1.165) is 10.5 Å². The summed E-state index contributed by atoms with van der Waals surface area (Å²) in [6, 6.07) is 22.4. The van der Waals surface area contributed by atoms with Crippen LogP contribution in [0.25, 0.3) is 6.08 Å². The van der Waals surface area contributed by atoms with E-state index in [4.69, 9.17) is 9.47 Å². The van der Waals surface area contributed by atoms with Crippen LogP contribution in [0.1, 0.15) is 12.5 Å². The van der Waals surface area contributed by atoms with Gasteiger partial charge in [-0.05, 0) is 55.0 Å². The van der Waals surface area contributed by atoms with Gasteiger partial charge in [-0.1, -0.05) is 30.3 Å². The summed E-state index contributed by atoms with van der Waals surface area (Å²) < 4.78 is 11.1. The highest BCUT2D eigenvalue weighted by Crippen LogP contribution is 2.33. The third kappa shape index (κ3) is 6.40. The number of ether oxygens (including phenoxy) is 2. The van der Waals surface area contributed by atoms with Crippen molar-refractivity contribution in [2.45, 2.75) is 17.1 Å². The number of rotatable bonds is 7. The highest BCUT2D eigenvalue weighted by molar-refractivity contribution is 8.00. The predicted molar refractivity (Wildman–Crippen MR) is 132 cm³/mol. The SMILES string of the molecule is CC(Sc1ccc(NC(=O)/C=C/c2ccccc2)cc1)C(=O)Nc1ccc2c(c1)OCCO2. The summed E-state index contributed by atoms with van der Waals surface area (Å²) in [5.41, 5.74) is 2.32. The Labute approximate surface area is 197 Å². The van der Waals surface area contributed by atoms with Crippen molar-refractivity contribution in [2.24, 2.45) is 0 Å². The van der Waals surface area contributed by atoms with E-state index in [1.165, 1.54) is 17.8 Å². The van der Waals surface area contributed by atoms with Crippen LogP contribution >= 0.6 is 11.8 Å². The van der Waals surface area contributed by atoms with Crippen molar-refractivity contribution in [2.75, 3.05) is 23.8 Å². The Hall–Kier alpha value is -3.71. The molecule has 2 N–H and O–H groups in total. The first kappa shape index (κ1) is 22.5. The van der Waals surface area contributed by atoms with Gasteiger partial charge in [0.25, 0.3) is 0 Å². The molecular formula is C26H24N2O4S. The van der Waals surface area contributed by atoms with Gasteiger partial charge in [-0.3, -0.25) is 9.59 Å². The maximum absolute atomic E-state index is 12.6. The average Bonchev–Trinajstić information content (AvgIpc) is 2.84. The van der Waals surface area contributed by atoms with E-state index >= 15 is 0 Å². The molecule has 0 fully saturated rings. The summed E-state index contributed by atoms with van der Waals surface area (Å²) in [5.74, 6) is 1.01. The van der Waals surface area contributed by atoms with E-state index in [0.29, 0.717) is 36.1 Å². The average molecular weight is 461 g/mol. The molecule has 168 valence electrons. The number of hydrogen-bond acceptors (Lipinski definition) is 5. The molecule has 3 aromatic rings. The van der Waals surface area contributed by atoms with Gasteiger partial charge in [0.15, 0.2) is 11.5 Å². The van der Waals surface area contributed by atoms with E-state index in [1.54, 1.807) is 24.3 Å². The highest BCUT2D eigenvalue weighted by Gasteiger charge is 2.17. The maximum atomic E-state index is 12.6. The fourth-order valence-electron chi connectivity index (χ4n) is 3.16. The van der Waals surface area contributed by atoms with Gasteiger partial charge < -0.3 is 20.1 Å². The van der Waals surface area contributed by atoms with E-state index in [-0.39, 0.29) is 17.1 Å². The normalized spacial score (nSPS) is 13.4. The zero-order valence-electron chi connectivity index (χ0n) is 18.1. The van der Waals surface area contributed by atoms with E-state index in [2.05, 4.69) is 10.6 Å². The molecule has 2 amide bonds. The number of amides is 2. The van der Waals surface area contributed by atoms with Crippen LogP contribution in [0.3, 0.4) is 0 Å². The first-order valence-electron chi connectivity index (χ1n) is 10.6. The zero-order valence-corrected chi connectivity index (χ0v) is 18.9. The summed E-state index contributed by atoms with van der Waals surface area (Å²) in [6.45, 7) is 2.87. The summed E-state index contributed by atoms with van der Waals surface area (Å²) in [5, 5.41) is 5.44. The van der Waals surface area contributed by atoms with Gasteiger partial charge in [-0.25, -0.2) is 0 Å². The number of thioether (sulfide) groups is 1. The molecule has 1 atom stereocenters. The number of anilines is 2. The van der Waals surface area contributed by atoms with Crippen LogP contribution in [0.15, 0.2) is 83.8 Å². The van der Waals surface area contributed by atoms with Crippen LogP contribution in [0.2, 0.25) is 0 Å². The Bertz CT molecular complexity index is 1150. The zero-order chi connectivity index (χ0) is 23.0. The Morgan fingerprint density at radius 3 is 2.33 bits per heavy atom. The standard InChI is InChI=1S/C26H24N2O4S/c1-18(26(30)28-21-10-13-23-24(17-21)32-16-15-31-23)33-22-11-8-20(9-12-22)27-25(29)14-7-19-5-3-2-4-6-19/h2-14,17-18H,15-16H2,1H3,(H,27,29)(H,28,30)/b14-7+. The van der Waals surface area contributed by atoms with Crippen LogP contribution in [0.5, 0.6) is 11.5 Å². The van der Waals surface area contributed by atoms with Crippen LogP contribution in [-0.4, -0.2) is 30.3 Å². The van der Waals surface area contributed by atoms with Crippen LogP contribution in [0, 0.1) is 0 Å². The second-order valence-corrected chi connectivity index (χ2v) is 8.78. The van der Waals surface area contributed by atoms with Crippen LogP contribution < -0.4 is 20.1 Å². The number of carbonyl (C=O) groups excluding carboxylic acids is 2. The summed E-state index contributed by atoms with van der Waals surface area (Å²) in [6.07, 6.45) is 3.27. The van der Waals surface area contributed by atoms with Crippen molar-refractivity contribution < 1.29 is 19.1 Å². The van der Waals surface area contributed by atoms with Crippen molar-refractivity contribution >= 4 is 41.0 Å². The lowest BCUT2D eigenvalue weighted by molar-refractivity contribution is -0.115. The minimum atomic E-state index is -0.313. The maximum Gasteiger partial charge on any atom is 0.248 e. The van der Waals surface area contributed by atoms with Gasteiger partial charge in [-0.15, -0.1) is 11.8 Å². The molecule has 1 heterocycles. The van der Waals surface area contributed by atoms with Gasteiger partial charge in [0.05, 0.1) is 5.25 Å². The van der Waals surface area contributed by atoms with E-state index in [1.807, 2.05) is 61.5 Å². The third-order valence-electron chi connectivity index (χ3n) is 4.84. The number of benzene rings is 3. The molecule has 1 aliphatic heterocycles. The lowest BCUT2D eigenvalue weighted by atomic mass is 10.2. The largest absolute Gasteiger partial charge is 0.486 e. The Kier molecular flexibility index (Phi) is 7.32. The fraction of sp³-hybridized carbons (Fsp3) is 0.154. The molecule has 0 bridgehead atoms. The first-order valence-corrected chi connectivity index (χ1v) is 11.5.